The zero-order valence-corrected chi connectivity index (χ0v) is 7.70. The summed E-state index contributed by atoms with van der Waals surface area (Å²) in [5, 5.41) is 2.91. The highest BCUT2D eigenvalue weighted by Gasteiger charge is 2.31. The zero-order valence-electron chi connectivity index (χ0n) is 7.70. The van der Waals surface area contributed by atoms with E-state index in [0.717, 1.165) is 0 Å². The zero-order chi connectivity index (χ0) is 9.84. The minimum atomic E-state index is -0.339. The van der Waals surface area contributed by atoms with E-state index in [2.05, 4.69) is 10.1 Å². The lowest BCUT2D eigenvalue weighted by molar-refractivity contribution is -0.147. The van der Waals surface area contributed by atoms with Crippen LogP contribution in [0, 0.1) is 0 Å². The molecule has 0 bridgehead atoms. The molecular formula is C8H13NO4. The van der Waals surface area contributed by atoms with Crippen LogP contribution in [0.3, 0.4) is 0 Å². The first-order chi connectivity index (χ1) is 6.13. The van der Waals surface area contributed by atoms with Gasteiger partial charge in [0, 0.05) is 19.9 Å². The van der Waals surface area contributed by atoms with Gasteiger partial charge in [0.2, 0.25) is 0 Å². The van der Waals surface area contributed by atoms with Gasteiger partial charge in [0.15, 0.2) is 0 Å². The van der Waals surface area contributed by atoms with Crippen molar-refractivity contribution in [2.45, 2.75) is 25.5 Å². The maximum absolute atomic E-state index is 11.0. The molecule has 1 fully saturated rings. The Morgan fingerprint density at radius 3 is 2.69 bits per heavy atom. The molecule has 0 aromatic carbocycles. The molecule has 1 rings (SSSR count). The second-order valence-electron chi connectivity index (χ2n) is 2.95. The van der Waals surface area contributed by atoms with Crippen LogP contribution in [0.15, 0.2) is 0 Å². The third kappa shape index (κ3) is 2.69. The lowest BCUT2D eigenvalue weighted by Crippen LogP contribution is -2.31. The van der Waals surface area contributed by atoms with Gasteiger partial charge in [-0.25, -0.2) is 0 Å². The number of esters is 2. The molecule has 0 spiro atoms. The van der Waals surface area contributed by atoms with Gasteiger partial charge in [-0.05, 0) is 0 Å². The Bertz CT molecular complexity index is 216. The first kappa shape index (κ1) is 9.98. The first-order valence-electron chi connectivity index (χ1n) is 4.12. The highest BCUT2D eigenvalue weighted by atomic mass is 16.5. The molecule has 13 heavy (non-hydrogen) atoms. The molecule has 5 nitrogen and oxygen atoms in total. The summed E-state index contributed by atoms with van der Waals surface area (Å²) >= 11 is 0. The van der Waals surface area contributed by atoms with Crippen molar-refractivity contribution in [3.05, 3.63) is 0 Å². The summed E-state index contributed by atoms with van der Waals surface area (Å²) in [6.45, 7) is 1.87. The summed E-state index contributed by atoms with van der Waals surface area (Å²) in [7, 11) is 1.34. The van der Waals surface area contributed by atoms with Gasteiger partial charge in [-0.2, -0.15) is 0 Å². The molecule has 0 aliphatic carbocycles. The van der Waals surface area contributed by atoms with Crippen LogP contribution in [-0.2, 0) is 19.1 Å². The molecule has 74 valence electrons. The molecule has 1 aliphatic heterocycles. The Balaban J connectivity index is 2.36. The predicted octanol–water partition coefficient (Wildman–Crippen LogP) is -0.547. The summed E-state index contributed by atoms with van der Waals surface area (Å²) in [4.78, 5) is 21.6. The van der Waals surface area contributed by atoms with Gasteiger partial charge in [-0.15, -0.1) is 0 Å². The van der Waals surface area contributed by atoms with Gasteiger partial charge >= 0.3 is 11.9 Å². The van der Waals surface area contributed by atoms with E-state index < -0.39 is 0 Å². The number of nitrogens with one attached hydrogen (secondary N) is 1. The Labute approximate surface area is 76.4 Å². The van der Waals surface area contributed by atoms with Crippen LogP contribution >= 0.6 is 0 Å². The van der Waals surface area contributed by atoms with Gasteiger partial charge in [-0.1, -0.05) is 0 Å². The molecule has 0 saturated carbocycles. The number of carbonyl (C=O) groups is 2. The van der Waals surface area contributed by atoms with Crippen LogP contribution < -0.4 is 5.32 Å². The molecule has 0 amide bonds. The Morgan fingerprint density at radius 2 is 2.15 bits per heavy atom. The van der Waals surface area contributed by atoms with E-state index in [-0.39, 0.29) is 24.1 Å². The van der Waals surface area contributed by atoms with Crippen molar-refractivity contribution in [2.75, 3.05) is 13.7 Å². The van der Waals surface area contributed by atoms with E-state index in [1.165, 1.54) is 14.0 Å². The molecule has 0 aromatic heterocycles. The van der Waals surface area contributed by atoms with E-state index in [4.69, 9.17) is 4.74 Å². The van der Waals surface area contributed by atoms with Crippen LogP contribution in [0.25, 0.3) is 0 Å². The van der Waals surface area contributed by atoms with Crippen LogP contribution in [-0.4, -0.2) is 37.7 Å². The Morgan fingerprint density at radius 1 is 1.46 bits per heavy atom. The monoisotopic (exact) mass is 187 g/mol. The van der Waals surface area contributed by atoms with Crippen LogP contribution in [0.1, 0.15) is 13.3 Å². The fourth-order valence-electron chi connectivity index (χ4n) is 1.35. The van der Waals surface area contributed by atoms with Gasteiger partial charge in [-0.3, -0.25) is 9.59 Å². The minimum absolute atomic E-state index is 0.207. The van der Waals surface area contributed by atoms with E-state index in [1.54, 1.807) is 0 Å². The molecule has 1 aliphatic rings. The van der Waals surface area contributed by atoms with Gasteiger partial charge in [0.25, 0.3) is 0 Å². The lowest BCUT2D eigenvalue weighted by atomic mass is 10.2. The number of rotatable bonds is 2. The molecule has 5 heteroatoms. The summed E-state index contributed by atoms with van der Waals surface area (Å²) in [5.41, 5.74) is 0. The van der Waals surface area contributed by atoms with Crippen molar-refractivity contribution in [3.8, 4) is 0 Å². The first-order valence-corrected chi connectivity index (χ1v) is 4.12. The average Bonchev–Trinajstić information content (AvgIpc) is 2.50. The molecule has 0 radical (unpaired) electrons. The number of hydrogen-bond acceptors (Lipinski definition) is 5. The lowest BCUT2D eigenvalue weighted by Gasteiger charge is -2.08. The minimum Gasteiger partial charge on any atom is -0.468 e. The fourth-order valence-corrected chi connectivity index (χ4v) is 1.35. The quantitative estimate of drug-likeness (QED) is 0.588. The third-order valence-corrected chi connectivity index (χ3v) is 1.91. The smallest absolute Gasteiger partial charge is 0.323 e. The second kappa shape index (κ2) is 4.23. The summed E-state index contributed by atoms with van der Waals surface area (Å²) in [5.74, 6) is -0.632. The number of hydrogen-bond donors (Lipinski definition) is 1. The second-order valence-corrected chi connectivity index (χ2v) is 2.95. The molecule has 1 N–H and O–H groups in total. The van der Waals surface area contributed by atoms with Gasteiger partial charge in [0.1, 0.15) is 12.1 Å². The van der Waals surface area contributed by atoms with Crippen LogP contribution in [0.4, 0.5) is 0 Å². The summed E-state index contributed by atoms with van der Waals surface area (Å²) in [6, 6.07) is -0.339. The largest absolute Gasteiger partial charge is 0.468 e. The van der Waals surface area contributed by atoms with E-state index in [0.29, 0.717) is 13.0 Å². The van der Waals surface area contributed by atoms with Gasteiger partial charge < -0.3 is 14.8 Å². The van der Waals surface area contributed by atoms with E-state index in [1.807, 2.05) is 0 Å². The van der Waals surface area contributed by atoms with E-state index >= 15 is 0 Å². The van der Waals surface area contributed by atoms with Crippen molar-refractivity contribution >= 4 is 11.9 Å². The fraction of sp³-hybridized carbons (Fsp3) is 0.750. The van der Waals surface area contributed by atoms with Gasteiger partial charge in [0.05, 0.1) is 7.11 Å². The predicted molar refractivity (Wildman–Crippen MR) is 44.0 cm³/mol. The van der Waals surface area contributed by atoms with Crippen molar-refractivity contribution in [1.29, 1.82) is 0 Å². The summed E-state index contributed by atoms with van der Waals surface area (Å²) in [6.07, 6.45) is 0.285. The van der Waals surface area contributed by atoms with Crippen molar-refractivity contribution < 1.29 is 19.1 Å². The van der Waals surface area contributed by atoms with Crippen molar-refractivity contribution in [1.82, 2.24) is 5.32 Å². The SMILES string of the molecule is COC(=O)C1CC(OC(C)=O)CN1. The molecular weight excluding hydrogens is 174 g/mol. The highest BCUT2D eigenvalue weighted by molar-refractivity contribution is 5.76. The molecule has 2 unspecified atom stereocenters. The van der Waals surface area contributed by atoms with Crippen molar-refractivity contribution in [3.63, 3.8) is 0 Å². The topological polar surface area (TPSA) is 64.6 Å². The maximum Gasteiger partial charge on any atom is 0.323 e. The van der Waals surface area contributed by atoms with Crippen molar-refractivity contribution in [2.24, 2.45) is 0 Å². The molecule has 1 heterocycles. The average molecular weight is 187 g/mol. The number of ether oxygens (including phenoxy) is 2. The molecule has 0 aromatic rings. The number of methoxy groups -OCH3 is 1. The molecule has 2 atom stereocenters. The van der Waals surface area contributed by atoms with E-state index in [9.17, 15) is 9.59 Å². The summed E-state index contributed by atoms with van der Waals surface area (Å²) < 4.78 is 9.47. The highest BCUT2D eigenvalue weighted by Crippen LogP contribution is 2.11. The Hall–Kier alpha value is -1.10. The van der Waals surface area contributed by atoms with Crippen LogP contribution in [0.5, 0.6) is 0 Å². The molecule has 1 saturated heterocycles. The van der Waals surface area contributed by atoms with Crippen LogP contribution in [0.2, 0.25) is 0 Å². The normalized spacial score (nSPS) is 26.9. The third-order valence-electron chi connectivity index (χ3n) is 1.91. The Kier molecular flexibility index (Phi) is 3.25. The number of carbonyl (C=O) groups excluding carboxylic acids is 2. The maximum atomic E-state index is 11.0. The standard InChI is InChI=1S/C8H13NO4/c1-5(10)13-6-3-7(9-4-6)8(11)12-2/h6-7,9H,3-4H2,1-2H3.